The van der Waals surface area contributed by atoms with Gasteiger partial charge in [-0.15, -0.1) is 0 Å². The molecule has 0 N–H and O–H groups in total. The van der Waals surface area contributed by atoms with E-state index in [1.54, 1.807) is 0 Å². The first kappa shape index (κ1) is 13.1. The van der Waals surface area contributed by atoms with Crippen LogP contribution >= 0.6 is 22.6 Å². The van der Waals surface area contributed by atoms with Crippen molar-refractivity contribution >= 4 is 32.2 Å². The van der Waals surface area contributed by atoms with E-state index in [2.05, 4.69) is 72.0 Å². The zero-order chi connectivity index (χ0) is 12.8. The van der Waals surface area contributed by atoms with Crippen LogP contribution in [0.1, 0.15) is 16.7 Å². The first-order chi connectivity index (χ1) is 8.79. The lowest BCUT2D eigenvalue weighted by molar-refractivity contribution is 1.41. The van der Waals surface area contributed by atoms with Crippen molar-refractivity contribution in [2.24, 2.45) is 0 Å². The van der Waals surface area contributed by atoms with Crippen LogP contribution in [0.5, 0.6) is 0 Å². The van der Waals surface area contributed by atoms with Gasteiger partial charge in [0.15, 0.2) is 0 Å². The zero-order valence-electron chi connectivity index (χ0n) is 10.3. The van der Waals surface area contributed by atoms with E-state index in [1.807, 2.05) is 30.4 Å². The maximum atomic E-state index is 2.39. The molecule has 1 aliphatic rings. The molecule has 1 aromatic carbocycles. The molecule has 0 heterocycles. The minimum absolute atomic E-state index is 1.26. The van der Waals surface area contributed by atoms with Crippen LogP contribution in [0.3, 0.4) is 0 Å². The summed E-state index contributed by atoms with van der Waals surface area (Å²) in [4.78, 5) is 0. The summed E-state index contributed by atoms with van der Waals surface area (Å²) in [5.74, 6) is 0. The first-order valence-corrected chi connectivity index (χ1v) is 7.01. The molecule has 0 saturated carbocycles. The highest BCUT2D eigenvalue weighted by Crippen LogP contribution is 2.27. The Hall–Kier alpha value is -1.35. The molecule has 0 fully saturated rings. The van der Waals surface area contributed by atoms with Crippen molar-refractivity contribution in [1.29, 1.82) is 0 Å². The Morgan fingerprint density at radius 3 is 2.28 bits per heavy atom. The molecular formula is C17H15I. The average Bonchev–Trinajstić information content (AvgIpc) is 2.38. The molecule has 1 aliphatic carbocycles. The Kier molecular flexibility index (Phi) is 4.76. The summed E-state index contributed by atoms with van der Waals surface area (Å²) in [5.41, 5.74) is 3.89. The van der Waals surface area contributed by atoms with Gasteiger partial charge in [-0.1, -0.05) is 66.8 Å². The van der Waals surface area contributed by atoms with E-state index in [-0.39, 0.29) is 0 Å². The van der Waals surface area contributed by atoms with Gasteiger partial charge in [-0.05, 0) is 52.3 Å². The average molecular weight is 346 g/mol. The monoisotopic (exact) mass is 346 g/mol. The van der Waals surface area contributed by atoms with Gasteiger partial charge >= 0.3 is 0 Å². The molecule has 90 valence electrons. The molecule has 1 heteroatoms. The highest BCUT2D eigenvalue weighted by molar-refractivity contribution is 14.1. The Bertz CT molecular complexity index is 569. The second-order valence-corrected chi connectivity index (χ2v) is 5.21. The Balaban J connectivity index is 2.54. The van der Waals surface area contributed by atoms with Crippen molar-refractivity contribution in [2.75, 3.05) is 0 Å². The van der Waals surface area contributed by atoms with Gasteiger partial charge in [-0.25, -0.2) is 0 Å². The summed E-state index contributed by atoms with van der Waals surface area (Å²) in [6.45, 7) is 2.17. The third kappa shape index (κ3) is 3.33. The SMILES string of the molecule is Cc1c2cccc1/C(I)=C/C=C\C=C\C=C\C=C2. The molecule has 0 aliphatic heterocycles. The molecule has 0 atom stereocenters. The molecular weight excluding hydrogens is 331 g/mol. The number of halogens is 1. The Morgan fingerprint density at radius 2 is 1.50 bits per heavy atom. The smallest absolute Gasteiger partial charge is 0.0205 e. The Morgan fingerprint density at radius 1 is 0.833 bits per heavy atom. The van der Waals surface area contributed by atoms with E-state index in [1.165, 1.54) is 20.3 Å². The largest absolute Gasteiger partial charge is 0.0623 e. The summed E-state index contributed by atoms with van der Waals surface area (Å²) in [7, 11) is 0. The molecule has 0 spiro atoms. The number of hydrogen-bond acceptors (Lipinski definition) is 0. The topological polar surface area (TPSA) is 0 Å². The molecule has 0 unspecified atom stereocenters. The molecule has 0 radical (unpaired) electrons. The number of benzene rings is 1. The van der Waals surface area contributed by atoms with Crippen LogP contribution < -0.4 is 0 Å². The van der Waals surface area contributed by atoms with E-state index in [0.717, 1.165) is 0 Å². The number of rotatable bonds is 0. The fourth-order valence-corrected chi connectivity index (χ4v) is 2.59. The van der Waals surface area contributed by atoms with Crippen molar-refractivity contribution in [3.8, 4) is 0 Å². The number of allylic oxidation sites excluding steroid dienone is 8. The number of fused-ring (bicyclic) bond motifs is 2. The summed E-state index contributed by atoms with van der Waals surface area (Å²) in [6.07, 6.45) is 18.6. The van der Waals surface area contributed by atoms with Crippen LogP contribution in [0, 0.1) is 6.92 Å². The lowest BCUT2D eigenvalue weighted by atomic mass is 10.0. The molecule has 0 aromatic heterocycles. The standard InChI is InChI=1S/C17H15I/c1-14-15-10-7-5-3-2-4-6-8-13-17(18)16(14)12-9-11-15/h2-13H,1H3/b4-2+,5-3+,8-6-,10-7?,17-13-. The van der Waals surface area contributed by atoms with Gasteiger partial charge in [-0.3, -0.25) is 0 Å². The molecule has 1 aromatic rings. The molecule has 0 saturated heterocycles. The van der Waals surface area contributed by atoms with Gasteiger partial charge in [0.1, 0.15) is 0 Å². The molecule has 2 rings (SSSR count). The van der Waals surface area contributed by atoms with Gasteiger partial charge in [0.2, 0.25) is 0 Å². The van der Waals surface area contributed by atoms with Crippen LogP contribution in [0.15, 0.2) is 66.8 Å². The highest BCUT2D eigenvalue weighted by atomic mass is 127. The van der Waals surface area contributed by atoms with E-state index in [9.17, 15) is 0 Å². The van der Waals surface area contributed by atoms with Crippen molar-refractivity contribution < 1.29 is 0 Å². The van der Waals surface area contributed by atoms with Crippen LogP contribution in [-0.2, 0) is 0 Å². The minimum atomic E-state index is 1.26. The third-order valence-electron chi connectivity index (χ3n) is 2.82. The minimum Gasteiger partial charge on any atom is -0.0623 e. The van der Waals surface area contributed by atoms with Crippen molar-refractivity contribution in [3.63, 3.8) is 0 Å². The van der Waals surface area contributed by atoms with Gasteiger partial charge in [0.25, 0.3) is 0 Å². The fraction of sp³-hybridized carbons (Fsp3) is 0.0588. The number of hydrogen-bond donors (Lipinski definition) is 0. The summed E-state index contributed by atoms with van der Waals surface area (Å²) in [5, 5.41) is 0. The second kappa shape index (κ2) is 6.55. The van der Waals surface area contributed by atoms with Crippen LogP contribution in [0.25, 0.3) is 9.66 Å². The van der Waals surface area contributed by atoms with Gasteiger partial charge in [-0.2, -0.15) is 0 Å². The quantitative estimate of drug-likeness (QED) is 0.547. The predicted octanol–water partition coefficient (Wildman–Crippen LogP) is 5.47. The predicted molar refractivity (Wildman–Crippen MR) is 89.6 cm³/mol. The van der Waals surface area contributed by atoms with Gasteiger partial charge in [0.05, 0.1) is 0 Å². The normalized spacial score (nSPS) is 22.9. The zero-order valence-corrected chi connectivity index (χ0v) is 12.5. The first-order valence-electron chi connectivity index (χ1n) is 5.93. The molecule has 0 amide bonds. The van der Waals surface area contributed by atoms with E-state index >= 15 is 0 Å². The Labute approximate surface area is 122 Å². The van der Waals surface area contributed by atoms with E-state index in [4.69, 9.17) is 0 Å². The maximum Gasteiger partial charge on any atom is 0.0205 e. The lowest BCUT2D eigenvalue weighted by Crippen LogP contribution is -1.87. The van der Waals surface area contributed by atoms with Crippen molar-refractivity contribution in [2.45, 2.75) is 6.92 Å². The van der Waals surface area contributed by atoms with Crippen LogP contribution in [0.4, 0.5) is 0 Å². The van der Waals surface area contributed by atoms with Crippen molar-refractivity contribution in [1.82, 2.24) is 0 Å². The summed E-state index contributed by atoms with van der Waals surface area (Å²) < 4.78 is 1.26. The van der Waals surface area contributed by atoms with Gasteiger partial charge in [0, 0.05) is 3.58 Å². The third-order valence-corrected chi connectivity index (χ3v) is 3.76. The molecule has 2 bridgehead atoms. The van der Waals surface area contributed by atoms with E-state index < -0.39 is 0 Å². The van der Waals surface area contributed by atoms with Crippen LogP contribution in [0.2, 0.25) is 0 Å². The lowest BCUT2D eigenvalue weighted by Gasteiger charge is -2.07. The van der Waals surface area contributed by atoms with Crippen molar-refractivity contribution in [3.05, 3.63) is 83.5 Å². The fourth-order valence-electron chi connectivity index (χ4n) is 1.80. The van der Waals surface area contributed by atoms with Crippen LogP contribution in [-0.4, -0.2) is 0 Å². The maximum absolute atomic E-state index is 2.39. The molecule has 0 nitrogen and oxygen atoms in total. The van der Waals surface area contributed by atoms with E-state index in [0.29, 0.717) is 0 Å². The molecule has 18 heavy (non-hydrogen) atoms. The highest BCUT2D eigenvalue weighted by Gasteiger charge is 2.03. The summed E-state index contributed by atoms with van der Waals surface area (Å²) in [6, 6.07) is 6.43. The van der Waals surface area contributed by atoms with Gasteiger partial charge < -0.3 is 0 Å². The summed E-state index contributed by atoms with van der Waals surface area (Å²) >= 11 is 2.39. The second-order valence-electron chi connectivity index (χ2n) is 4.05.